The zero-order valence-electron chi connectivity index (χ0n) is 25.8. The highest BCUT2D eigenvalue weighted by atomic mass is 16.4. The number of aliphatic hydroxyl groups excluding tert-OH is 1. The second-order valence-corrected chi connectivity index (χ2v) is 6.40. The molecule has 0 heterocycles. The summed E-state index contributed by atoms with van der Waals surface area (Å²) >= 11 is 0. The van der Waals surface area contributed by atoms with Crippen molar-refractivity contribution < 1.29 is 28.7 Å². The molecule has 29 heavy (non-hydrogen) atoms. The Balaban J connectivity index is 1.94. The van der Waals surface area contributed by atoms with Gasteiger partial charge in [0.05, 0.1) is 22.6 Å². The molecule has 4 heteroatoms. The molecule has 0 aliphatic heterocycles. The third-order valence-corrected chi connectivity index (χ3v) is 4.09. The van der Waals surface area contributed by atoms with E-state index in [0.29, 0.717) is 5.56 Å². The molecule has 0 aliphatic carbocycles. The summed E-state index contributed by atoms with van der Waals surface area (Å²) in [5.74, 6) is -1.69. The number of hydrogen-bond acceptors (Lipinski definition) is 3. The number of aryl methyl sites for hydroxylation is 1. The van der Waals surface area contributed by atoms with E-state index in [1.54, 1.807) is 18.2 Å². The lowest BCUT2D eigenvalue weighted by molar-refractivity contribution is 0.0697. The molecule has 0 unspecified atom stereocenters. The fourth-order valence-electron chi connectivity index (χ4n) is 2.65. The molecule has 1 atom stereocenters. The minimum absolute atomic E-state index is 0.00100. The molecule has 0 amide bonds. The Kier molecular flexibility index (Phi) is 3.90. The molecule has 3 N–H and O–H groups in total. The minimum atomic E-state index is -2.21. The maximum Gasteiger partial charge on any atom is 0.335 e. The van der Waals surface area contributed by atoms with Crippen LogP contribution in [0, 0.1) is 6.92 Å². The van der Waals surface area contributed by atoms with E-state index in [4.69, 9.17) is 13.7 Å². The van der Waals surface area contributed by atoms with Crippen LogP contribution >= 0.6 is 0 Å². The molecular weight excluding hydrogens is 362 g/mol. The molecule has 0 bridgehead atoms. The van der Waals surface area contributed by atoms with E-state index in [1.807, 2.05) is 13.0 Å². The van der Waals surface area contributed by atoms with Crippen LogP contribution in [0.4, 0.5) is 0 Å². The second kappa shape index (κ2) is 10.0. The molecule has 3 aromatic rings. The summed E-state index contributed by atoms with van der Waals surface area (Å²) in [5.41, 5.74) is -0.667. The summed E-state index contributed by atoms with van der Waals surface area (Å²) in [7, 11) is 0. The average Bonchev–Trinajstić information content (AvgIpc) is 2.87. The van der Waals surface area contributed by atoms with E-state index in [1.165, 1.54) is 0 Å². The summed E-state index contributed by atoms with van der Waals surface area (Å²) in [6.07, 6.45) is -1.37. The van der Waals surface area contributed by atoms with Gasteiger partial charge in [-0.3, -0.25) is 0 Å². The van der Waals surface area contributed by atoms with Crippen molar-refractivity contribution in [2.75, 3.05) is 13.0 Å². The van der Waals surface area contributed by atoms with E-state index in [0.717, 1.165) is 5.56 Å². The number of carbonyl (C=O) groups is 1. The van der Waals surface area contributed by atoms with Crippen molar-refractivity contribution in [1.29, 1.82) is 0 Å². The third kappa shape index (κ3) is 6.01. The van der Waals surface area contributed by atoms with Crippen LogP contribution in [0.1, 0.15) is 53.3 Å². The summed E-state index contributed by atoms with van der Waals surface area (Å²) in [4.78, 5) is 11.7. The third-order valence-electron chi connectivity index (χ3n) is 4.09. The number of benzene rings is 3. The highest BCUT2D eigenvalue weighted by Crippen LogP contribution is 2.22. The van der Waals surface area contributed by atoms with Crippen LogP contribution in [0.5, 0.6) is 0 Å². The van der Waals surface area contributed by atoms with Crippen LogP contribution in [-0.4, -0.2) is 29.2 Å². The molecule has 0 saturated carbocycles. The van der Waals surface area contributed by atoms with Gasteiger partial charge >= 0.3 is 5.97 Å². The lowest BCUT2D eigenvalue weighted by Crippen LogP contribution is -2.22. The van der Waals surface area contributed by atoms with E-state index in [-0.39, 0.29) is 24.9 Å². The monoisotopic (exact) mass is 399 g/mol. The Morgan fingerprint density at radius 3 is 2.69 bits per heavy atom. The highest BCUT2D eigenvalue weighted by Gasteiger charge is 2.07. The number of nitrogens with one attached hydrogen (secondary N) is 1. The summed E-state index contributed by atoms with van der Waals surface area (Å²) in [6, 6.07) is 1.31. The Bertz CT molecular complexity index is 1440. The zero-order valence-corrected chi connectivity index (χ0v) is 15.8. The minimum Gasteiger partial charge on any atom is -0.478 e. The predicted octanol–water partition coefficient (Wildman–Crippen LogP) is 4.62. The number of rotatable bonds is 9. The van der Waals surface area contributed by atoms with Gasteiger partial charge in [-0.2, -0.15) is 0 Å². The van der Waals surface area contributed by atoms with Crippen LogP contribution in [-0.2, 0) is 6.42 Å². The lowest BCUT2D eigenvalue weighted by atomic mass is 9.99. The molecule has 0 radical (unpaired) electrons. The molecule has 4 nitrogen and oxygen atoms in total. The first-order valence-corrected chi connectivity index (χ1v) is 9.04. The fourth-order valence-corrected chi connectivity index (χ4v) is 2.65. The molecule has 0 aliphatic rings. The van der Waals surface area contributed by atoms with Gasteiger partial charge in [-0.15, -0.1) is 0 Å². The van der Waals surface area contributed by atoms with Gasteiger partial charge in [0.25, 0.3) is 0 Å². The van der Waals surface area contributed by atoms with Crippen LogP contribution in [0.2, 0.25) is 0 Å². The standard InChI is InChI=1S/C25H27NO3/c1-18-6-2-11-22(14-18)24(27)17-26-13-5-8-19-7-3-9-20(15-19)21-10-4-12-23(16-21)25(28)29/h2-4,6-7,9-12,14-16,24,26-27H,5,8,13,17H2,1H3,(H,28,29)/t24-/m0/s1/i3D,4D,7D,9D,10D,12D,15D,16D,17D2. The first-order valence-electron chi connectivity index (χ1n) is 14.0. The SMILES string of the molecule is [2H]c1c([2H])c(CCCNC([2H])([2H])[C@H](O)c2cccc(C)c2)c([2H])c(-c2c([2H])c([2H])c([2H])c(C(=O)O)c2[2H])c1[2H]. The van der Waals surface area contributed by atoms with Crippen molar-refractivity contribution in [3.8, 4) is 11.1 Å². The Morgan fingerprint density at radius 1 is 1.17 bits per heavy atom. The van der Waals surface area contributed by atoms with Gasteiger partial charge < -0.3 is 15.5 Å². The molecule has 0 aromatic heterocycles. The topological polar surface area (TPSA) is 69.6 Å². The van der Waals surface area contributed by atoms with Gasteiger partial charge in [-0.25, -0.2) is 4.79 Å². The zero-order chi connectivity index (χ0) is 29.4. The van der Waals surface area contributed by atoms with Crippen LogP contribution in [0.25, 0.3) is 11.1 Å². The van der Waals surface area contributed by atoms with Crippen LogP contribution in [0.15, 0.2) is 72.6 Å². The van der Waals surface area contributed by atoms with Crippen molar-refractivity contribution in [1.82, 2.24) is 5.32 Å². The van der Waals surface area contributed by atoms with Crippen molar-refractivity contribution in [2.24, 2.45) is 0 Å². The first kappa shape index (κ1) is 11.3. The van der Waals surface area contributed by atoms with Crippen molar-refractivity contribution >= 4 is 5.97 Å². The Hall–Kier alpha value is -2.95. The number of carboxylic acids is 1. The van der Waals surface area contributed by atoms with Gasteiger partial charge in [0, 0.05) is 9.24 Å². The van der Waals surface area contributed by atoms with Gasteiger partial charge in [-0.1, -0.05) is 66.1 Å². The number of carboxylic acid groups (broad SMARTS) is 1. The summed E-state index contributed by atoms with van der Waals surface area (Å²) in [5, 5.41) is 22.6. The van der Waals surface area contributed by atoms with Crippen LogP contribution < -0.4 is 5.32 Å². The van der Waals surface area contributed by atoms with Gasteiger partial charge in [0.1, 0.15) is 0 Å². The van der Waals surface area contributed by atoms with E-state index in [2.05, 4.69) is 5.32 Å². The van der Waals surface area contributed by atoms with Gasteiger partial charge in [0.2, 0.25) is 0 Å². The molecule has 0 spiro atoms. The maximum absolute atomic E-state index is 11.7. The smallest absolute Gasteiger partial charge is 0.335 e. The summed E-state index contributed by atoms with van der Waals surface area (Å²) in [6.45, 7) is -0.399. The largest absolute Gasteiger partial charge is 0.478 e. The van der Waals surface area contributed by atoms with Gasteiger partial charge in [0.15, 0.2) is 0 Å². The molecule has 0 saturated heterocycles. The van der Waals surface area contributed by atoms with Crippen molar-refractivity contribution in [3.05, 3.63) is 94.9 Å². The summed E-state index contributed by atoms with van der Waals surface area (Å²) < 4.78 is 82.1. The Labute approximate surface area is 185 Å². The maximum atomic E-state index is 11.7. The van der Waals surface area contributed by atoms with Crippen molar-refractivity contribution in [2.45, 2.75) is 25.9 Å². The quantitative estimate of drug-likeness (QED) is 0.459. The number of aliphatic hydroxyl groups is 1. The molecule has 3 aromatic carbocycles. The van der Waals surface area contributed by atoms with E-state index < -0.39 is 83.6 Å². The lowest BCUT2D eigenvalue weighted by Gasteiger charge is -2.13. The van der Waals surface area contributed by atoms with Crippen molar-refractivity contribution in [3.63, 3.8) is 0 Å². The predicted molar refractivity (Wildman–Crippen MR) is 116 cm³/mol. The Morgan fingerprint density at radius 2 is 1.93 bits per heavy atom. The van der Waals surface area contributed by atoms with Gasteiger partial charge in [-0.05, 0) is 60.6 Å². The fraction of sp³-hybridized carbons (Fsp3) is 0.240. The second-order valence-electron chi connectivity index (χ2n) is 6.40. The average molecular weight is 400 g/mol. The van der Waals surface area contributed by atoms with Crippen LogP contribution in [0.3, 0.4) is 0 Å². The van der Waals surface area contributed by atoms with E-state index >= 15 is 0 Å². The number of aromatic carboxylic acids is 1. The molecule has 150 valence electrons. The highest BCUT2D eigenvalue weighted by molar-refractivity contribution is 5.89. The molecule has 0 fully saturated rings. The van der Waals surface area contributed by atoms with E-state index in [9.17, 15) is 15.0 Å². The normalized spacial score (nSPS) is 17.3. The number of hydrogen-bond donors (Lipinski definition) is 3. The first-order chi connectivity index (χ1) is 18.1. The molecule has 3 rings (SSSR count). The molecular formula is C25H27NO3.